The normalized spacial score (nSPS) is 17.2. The monoisotopic (exact) mass is 237 g/mol. The third-order valence-electron chi connectivity index (χ3n) is 3.53. The Labute approximate surface area is 106 Å². The van der Waals surface area contributed by atoms with Crippen LogP contribution >= 0.6 is 0 Å². The molecular weight excluding hydrogens is 210 g/mol. The van der Waals surface area contributed by atoms with E-state index < -0.39 is 0 Å². The molecule has 1 heterocycles. The highest BCUT2D eigenvalue weighted by molar-refractivity contribution is 4.73. The van der Waals surface area contributed by atoms with Gasteiger partial charge < -0.3 is 10.2 Å². The summed E-state index contributed by atoms with van der Waals surface area (Å²) in [7, 11) is 0. The molecule has 0 atom stereocenters. The number of nitriles is 1. The van der Waals surface area contributed by atoms with E-state index in [2.05, 4.69) is 23.2 Å². The first-order valence-electron chi connectivity index (χ1n) is 7.16. The minimum Gasteiger partial charge on any atom is -0.317 e. The highest BCUT2D eigenvalue weighted by atomic mass is 15.1. The number of rotatable bonds is 8. The van der Waals surface area contributed by atoms with Crippen LogP contribution in [-0.2, 0) is 0 Å². The zero-order valence-electron chi connectivity index (χ0n) is 11.2. The van der Waals surface area contributed by atoms with Gasteiger partial charge in [0.15, 0.2) is 0 Å². The van der Waals surface area contributed by atoms with Crippen LogP contribution in [0, 0.1) is 17.2 Å². The summed E-state index contributed by atoms with van der Waals surface area (Å²) >= 11 is 0. The molecule has 3 heteroatoms. The Morgan fingerprint density at radius 2 is 2.00 bits per heavy atom. The Kier molecular flexibility index (Phi) is 8.04. The first-order valence-corrected chi connectivity index (χ1v) is 7.16. The third kappa shape index (κ3) is 6.65. The molecule has 0 bridgehead atoms. The van der Waals surface area contributed by atoms with Crippen molar-refractivity contribution in [3.05, 3.63) is 0 Å². The van der Waals surface area contributed by atoms with Crippen molar-refractivity contribution in [3.63, 3.8) is 0 Å². The quantitative estimate of drug-likeness (QED) is 0.659. The molecule has 0 amide bonds. The number of hydrogen-bond donors (Lipinski definition) is 1. The highest BCUT2D eigenvalue weighted by Crippen LogP contribution is 2.14. The first kappa shape index (κ1) is 14.5. The van der Waals surface area contributed by atoms with Crippen LogP contribution < -0.4 is 5.32 Å². The molecule has 0 aromatic rings. The van der Waals surface area contributed by atoms with Gasteiger partial charge in [-0.25, -0.2) is 0 Å². The van der Waals surface area contributed by atoms with Gasteiger partial charge in [-0.1, -0.05) is 6.92 Å². The molecule has 0 saturated carbocycles. The molecule has 1 aliphatic rings. The van der Waals surface area contributed by atoms with E-state index in [1.54, 1.807) is 0 Å². The molecule has 0 spiro atoms. The summed E-state index contributed by atoms with van der Waals surface area (Å²) in [5.74, 6) is 0.888. The Hall–Kier alpha value is -0.590. The van der Waals surface area contributed by atoms with E-state index >= 15 is 0 Å². The van der Waals surface area contributed by atoms with Gasteiger partial charge in [0.05, 0.1) is 6.07 Å². The molecule has 3 nitrogen and oxygen atoms in total. The molecule has 1 aliphatic heterocycles. The summed E-state index contributed by atoms with van der Waals surface area (Å²) in [4.78, 5) is 2.60. The SMILES string of the molecule is CCCN(CCCCC#N)CC1CCNCC1. The van der Waals surface area contributed by atoms with Crippen molar-refractivity contribution in [1.82, 2.24) is 10.2 Å². The van der Waals surface area contributed by atoms with E-state index in [4.69, 9.17) is 5.26 Å². The maximum Gasteiger partial charge on any atom is 0.0621 e. The standard InChI is InChI=1S/C14H27N3/c1-2-11-17(12-5-3-4-8-15)13-14-6-9-16-10-7-14/h14,16H,2-7,9-13H2,1H3. The number of nitrogens with zero attached hydrogens (tertiary/aromatic N) is 2. The smallest absolute Gasteiger partial charge is 0.0621 e. The third-order valence-corrected chi connectivity index (χ3v) is 3.53. The van der Waals surface area contributed by atoms with Crippen LogP contribution in [0.4, 0.5) is 0 Å². The van der Waals surface area contributed by atoms with Gasteiger partial charge >= 0.3 is 0 Å². The number of piperidine rings is 1. The average molecular weight is 237 g/mol. The van der Waals surface area contributed by atoms with Gasteiger partial charge in [0.2, 0.25) is 0 Å². The summed E-state index contributed by atoms with van der Waals surface area (Å²) in [5.41, 5.74) is 0. The van der Waals surface area contributed by atoms with Crippen LogP contribution in [0.1, 0.15) is 45.4 Å². The van der Waals surface area contributed by atoms with Gasteiger partial charge in [-0.15, -0.1) is 0 Å². The molecule has 0 aromatic heterocycles. The summed E-state index contributed by atoms with van der Waals surface area (Å²) in [6, 6.07) is 2.23. The molecule has 1 fully saturated rings. The Bertz CT molecular complexity index is 216. The fraction of sp³-hybridized carbons (Fsp3) is 0.929. The predicted octanol–water partition coefficient (Wildman–Crippen LogP) is 2.39. The molecule has 17 heavy (non-hydrogen) atoms. The molecule has 1 rings (SSSR count). The molecule has 1 N–H and O–H groups in total. The second kappa shape index (κ2) is 9.44. The summed E-state index contributed by atoms with van der Waals surface area (Å²) in [5, 5.41) is 12.0. The minimum atomic E-state index is 0.716. The lowest BCUT2D eigenvalue weighted by Gasteiger charge is -2.29. The van der Waals surface area contributed by atoms with Crippen LogP contribution in [0.25, 0.3) is 0 Å². The first-order chi connectivity index (χ1) is 8.36. The van der Waals surface area contributed by atoms with Crippen LogP contribution in [-0.4, -0.2) is 37.6 Å². The fourth-order valence-electron chi connectivity index (χ4n) is 2.58. The summed E-state index contributed by atoms with van der Waals surface area (Å²) < 4.78 is 0. The molecule has 1 saturated heterocycles. The van der Waals surface area contributed by atoms with E-state index in [9.17, 15) is 0 Å². The topological polar surface area (TPSA) is 39.1 Å². The maximum absolute atomic E-state index is 8.53. The van der Waals surface area contributed by atoms with Gasteiger partial charge in [0, 0.05) is 13.0 Å². The second-order valence-corrected chi connectivity index (χ2v) is 5.11. The summed E-state index contributed by atoms with van der Waals surface area (Å²) in [6.45, 7) is 8.31. The van der Waals surface area contributed by atoms with Gasteiger partial charge in [-0.2, -0.15) is 5.26 Å². The minimum absolute atomic E-state index is 0.716. The van der Waals surface area contributed by atoms with E-state index in [1.165, 1.54) is 58.4 Å². The lowest BCUT2D eigenvalue weighted by molar-refractivity contribution is 0.203. The van der Waals surface area contributed by atoms with E-state index in [-0.39, 0.29) is 0 Å². The largest absolute Gasteiger partial charge is 0.317 e. The number of nitrogens with one attached hydrogen (secondary N) is 1. The van der Waals surface area contributed by atoms with Crippen LogP contribution in [0.5, 0.6) is 0 Å². The zero-order valence-corrected chi connectivity index (χ0v) is 11.2. The zero-order chi connectivity index (χ0) is 12.3. The maximum atomic E-state index is 8.53. The highest BCUT2D eigenvalue weighted by Gasteiger charge is 2.16. The molecule has 0 radical (unpaired) electrons. The van der Waals surface area contributed by atoms with Crippen LogP contribution in [0.3, 0.4) is 0 Å². The van der Waals surface area contributed by atoms with Crippen molar-refractivity contribution < 1.29 is 0 Å². The lowest BCUT2D eigenvalue weighted by Crippen LogP contribution is -2.37. The Morgan fingerprint density at radius 3 is 2.65 bits per heavy atom. The molecule has 98 valence electrons. The van der Waals surface area contributed by atoms with Gasteiger partial charge in [0.1, 0.15) is 0 Å². The van der Waals surface area contributed by atoms with E-state index in [0.717, 1.165) is 12.3 Å². The van der Waals surface area contributed by atoms with E-state index in [1.807, 2.05) is 0 Å². The van der Waals surface area contributed by atoms with Crippen LogP contribution in [0.2, 0.25) is 0 Å². The summed E-state index contributed by atoms with van der Waals surface area (Å²) in [6.07, 6.45) is 6.86. The molecule has 0 aliphatic carbocycles. The van der Waals surface area contributed by atoms with Gasteiger partial charge in [-0.3, -0.25) is 0 Å². The number of unbranched alkanes of at least 4 members (excludes halogenated alkanes) is 2. The Morgan fingerprint density at radius 1 is 1.24 bits per heavy atom. The van der Waals surface area contributed by atoms with Crippen molar-refractivity contribution in [2.75, 3.05) is 32.7 Å². The average Bonchev–Trinajstić information content (AvgIpc) is 2.36. The van der Waals surface area contributed by atoms with Crippen molar-refractivity contribution in [3.8, 4) is 6.07 Å². The number of hydrogen-bond acceptors (Lipinski definition) is 3. The molecule has 0 unspecified atom stereocenters. The van der Waals surface area contributed by atoms with Crippen molar-refractivity contribution in [2.24, 2.45) is 5.92 Å². The van der Waals surface area contributed by atoms with Crippen molar-refractivity contribution in [1.29, 1.82) is 5.26 Å². The Balaban J connectivity index is 2.19. The lowest BCUT2D eigenvalue weighted by atomic mass is 9.97. The van der Waals surface area contributed by atoms with Gasteiger partial charge in [-0.05, 0) is 64.2 Å². The van der Waals surface area contributed by atoms with Gasteiger partial charge in [0.25, 0.3) is 0 Å². The predicted molar refractivity (Wildman–Crippen MR) is 71.8 cm³/mol. The van der Waals surface area contributed by atoms with Crippen molar-refractivity contribution >= 4 is 0 Å². The second-order valence-electron chi connectivity index (χ2n) is 5.11. The van der Waals surface area contributed by atoms with E-state index in [0.29, 0.717) is 6.42 Å². The molecular formula is C14H27N3. The van der Waals surface area contributed by atoms with Crippen LogP contribution in [0.15, 0.2) is 0 Å². The molecule has 0 aromatic carbocycles. The fourth-order valence-corrected chi connectivity index (χ4v) is 2.58. The van der Waals surface area contributed by atoms with Crippen molar-refractivity contribution in [2.45, 2.75) is 45.4 Å².